The van der Waals surface area contributed by atoms with Crippen LogP contribution in [0.25, 0.3) is 0 Å². The number of benzene rings is 1. The third-order valence-electron chi connectivity index (χ3n) is 5.44. The number of aromatic nitrogens is 2. The number of amides is 1. The number of nitriles is 1. The summed E-state index contributed by atoms with van der Waals surface area (Å²) < 4.78 is 5.74. The summed E-state index contributed by atoms with van der Waals surface area (Å²) in [5, 5.41) is 17.7. The van der Waals surface area contributed by atoms with Crippen LogP contribution in [0, 0.1) is 24.2 Å². The highest BCUT2D eigenvalue weighted by Crippen LogP contribution is 2.50. The number of carbonyl (C=O) groups is 1. The summed E-state index contributed by atoms with van der Waals surface area (Å²) in [6.07, 6.45) is 3.11. The van der Waals surface area contributed by atoms with Crippen LogP contribution in [0.4, 0.5) is 0 Å². The first kappa shape index (κ1) is 16.1. The number of aryl methyl sites for hydroxylation is 1. The molecule has 0 bridgehead atoms. The van der Waals surface area contributed by atoms with E-state index in [0.717, 1.165) is 19.3 Å². The van der Waals surface area contributed by atoms with Crippen molar-refractivity contribution in [2.24, 2.45) is 5.92 Å². The predicted molar refractivity (Wildman–Crippen MR) is 90.1 cm³/mol. The Morgan fingerprint density at radius 1 is 1.48 bits per heavy atom. The summed E-state index contributed by atoms with van der Waals surface area (Å²) in [6, 6.07) is 6.85. The first-order valence-electron chi connectivity index (χ1n) is 8.33. The SMILES string of the molecule is Cc1nnc([C@]23CCC[C@H]2CN(C(=O)c2ccc(Cl)c(C#N)c2)C3)o1. The normalized spacial score (nSPS) is 25.0. The highest BCUT2D eigenvalue weighted by molar-refractivity contribution is 6.31. The van der Waals surface area contributed by atoms with Crippen LogP contribution in [0.15, 0.2) is 22.6 Å². The molecule has 6 nitrogen and oxygen atoms in total. The van der Waals surface area contributed by atoms with Crippen molar-refractivity contribution < 1.29 is 9.21 Å². The molecule has 2 fully saturated rings. The molecule has 7 heteroatoms. The second-order valence-electron chi connectivity index (χ2n) is 6.86. The molecular weight excluding hydrogens is 340 g/mol. The summed E-state index contributed by atoms with van der Waals surface area (Å²) in [6.45, 7) is 3.03. The lowest BCUT2D eigenvalue weighted by Gasteiger charge is -2.24. The molecule has 1 aromatic heterocycles. The zero-order valence-corrected chi connectivity index (χ0v) is 14.6. The van der Waals surface area contributed by atoms with Crippen LogP contribution in [0.3, 0.4) is 0 Å². The van der Waals surface area contributed by atoms with E-state index in [4.69, 9.17) is 21.3 Å². The maximum absolute atomic E-state index is 12.9. The summed E-state index contributed by atoms with van der Waals surface area (Å²) in [5.41, 5.74) is 0.563. The van der Waals surface area contributed by atoms with E-state index in [-0.39, 0.29) is 11.3 Å². The average Bonchev–Trinajstić information content (AvgIpc) is 3.28. The molecule has 2 atom stereocenters. The first-order valence-corrected chi connectivity index (χ1v) is 8.71. The van der Waals surface area contributed by atoms with Crippen molar-refractivity contribution in [3.8, 4) is 6.07 Å². The smallest absolute Gasteiger partial charge is 0.253 e. The van der Waals surface area contributed by atoms with Crippen LogP contribution in [-0.4, -0.2) is 34.1 Å². The highest BCUT2D eigenvalue weighted by Gasteiger charge is 2.55. The molecule has 1 amide bonds. The van der Waals surface area contributed by atoms with Crippen LogP contribution in [-0.2, 0) is 5.41 Å². The summed E-state index contributed by atoms with van der Waals surface area (Å²) in [5.74, 6) is 1.45. The van der Waals surface area contributed by atoms with Gasteiger partial charge in [-0.3, -0.25) is 4.79 Å². The maximum atomic E-state index is 12.9. The van der Waals surface area contributed by atoms with Crippen LogP contribution < -0.4 is 0 Å². The quantitative estimate of drug-likeness (QED) is 0.825. The standard InChI is InChI=1S/C18H17ClN4O2/c1-11-21-22-17(25-11)18-6-2-3-14(18)9-23(10-18)16(24)12-4-5-15(19)13(7-12)8-20/h4-5,7,14H,2-3,6,9-10H2,1H3/t14-,18-/m0/s1. The fourth-order valence-electron chi connectivity index (χ4n) is 4.22. The van der Waals surface area contributed by atoms with Gasteiger partial charge in [0.1, 0.15) is 6.07 Å². The van der Waals surface area contributed by atoms with Gasteiger partial charge in [-0.05, 0) is 37.0 Å². The average molecular weight is 357 g/mol. The number of hydrogen-bond donors (Lipinski definition) is 0. The van der Waals surface area contributed by atoms with E-state index in [0.29, 0.717) is 46.9 Å². The lowest BCUT2D eigenvalue weighted by atomic mass is 9.80. The van der Waals surface area contributed by atoms with Crippen LogP contribution in [0.2, 0.25) is 5.02 Å². The van der Waals surface area contributed by atoms with Crippen molar-refractivity contribution in [2.75, 3.05) is 13.1 Å². The van der Waals surface area contributed by atoms with Crippen molar-refractivity contribution in [1.82, 2.24) is 15.1 Å². The minimum atomic E-state index is -0.235. The van der Waals surface area contributed by atoms with Crippen LogP contribution in [0.1, 0.15) is 47.0 Å². The van der Waals surface area contributed by atoms with Gasteiger partial charge in [0.05, 0.1) is 16.0 Å². The Labute approximate surface area is 150 Å². The van der Waals surface area contributed by atoms with E-state index in [2.05, 4.69) is 10.2 Å². The summed E-state index contributed by atoms with van der Waals surface area (Å²) in [7, 11) is 0. The maximum Gasteiger partial charge on any atom is 0.253 e. The molecule has 25 heavy (non-hydrogen) atoms. The van der Waals surface area contributed by atoms with Crippen molar-refractivity contribution in [3.05, 3.63) is 46.1 Å². The number of halogens is 1. The second kappa shape index (κ2) is 5.85. The van der Waals surface area contributed by atoms with Crippen LogP contribution >= 0.6 is 11.6 Å². The van der Waals surface area contributed by atoms with E-state index in [9.17, 15) is 4.79 Å². The Bertz CT molecular complexity index is 887. The van der Waals surface area contributed by atoms with Gasteiger partial charge in [-0.1, -0.05) is 18.0 Å². The molecule has 0 unspecified atom stereocenters. The molecule has 1 aromatic carbocycles. The Balaban J connectivity index is 1.63. The fraction of sp³-hybridized carbons (Fsp3) is 0.444. The Morgan fingerprint density at radius 3 is 3.04 bits per heavy atom. The molecule has 0 spiro atoms. The molecule has 0 radical (unpaired) electrons. The molecule has 1 aliphatic heterocycles. The van der Waals surface area contributed by atoms with Gasteiger partial charge < -0.3 is 9.32 Å². The molecule has 4 rings (SSSR count). The molecule has 2 aliphatic rings. The van der Waals surface area contributed by atoms with Gasteiger partial charge in [0, 0.05) is 25.6 Å². The number of carbonyl (C=O) groups excluding carboxylic acids is 1. The van der Waals surface area contributed by atoms with Crippen molar-refractivity contribution >= 4 is 17.5 Å². The topological polar surface area (TPSA) is 83.0 Å². The first-order chi connectivity index (χ1) is 12.0. The lowest BCUT2D eigenvalue weighted by Crippen LogP contribution is -2.35. The van der Waals surface area contributed by atoms with Gasteiger partial charge in [-0.15, -0.1) is 10.2 Å². The van der Waals surface area contributed by atoms with Gasteiger partial charge in [-0.2, -0.15) is 5.26 Å². The second-order valence-corrected chi connectivity index (χ2v) is 7.27. The van der Waals surface area contributed by atoms with E-state index < -0.39 is 0 Å². The third-order valence-corrected chi connectivity index (χ3v) is 5.77. The van der Waals surface area contributed by atoms with Gasteiger partial charge in [0.2, 0.25) is 11.8 Å². The third kappa shape index (κ3) is 2.50. The van der Waals surface area contributed by atoms with Gasteiger partial charge >= 0.3 is 0 Å². The number of hydrogen-bond acceptors (Lipinski definition) is 5. The number of rotatable bonds is 2. The molecule has 2 aromatic rings. The lowest BCUT2D eigenvalue weighted by molar-refractivity contribution is 0.0775. The van der Waals surface area contributed by atoms with Gasteiger partial charge in [0.25, 0.3) is 5.91 Å². The molecule has 1 saturated heterocycles. The predicted octanol–water partition coefficient (Wildman–Crippen LogP) is 3.10. The van der Waals surface area contributed by atoms with Crippen molar-refractivity contribution in [3.63, 3.8) is 0 Å². The van der Waals surface area contributed by atoms with Gasteiger partial charge in [0.15, 0.2) is 0 Å². The Morgan fingerprint density at radius 2 is 2.32 bits per heavy atom. The molecule has 1 aliphatic carbocycles. The molecule has 0 N–H and O–H groups in total. The van der Waals surface area contributed by atoms with Crippen LogP contribution in [0.5, 0.6) is 0 Å². The van der Waals surface area contributed by atoms with E-state index >= 15 is 0 Å². The number of likely N-dealkylation sites (tertiary alicyclic amines) is 1. The van der Waals surface area contributed by atoms with E-state index in [1.807, 2.05) is 11.0 Å². The van der Waals surface area contributed by atoms with E-state index in [1.165, 1.54) is 0 Å². The Hall–Kier alpha value is -2.39. The summed E-state index contributed by atoms with van der Waals surface area (Å²) >= 11 is 5.97. The number of nitrogens with zero attached hydrogens (tertiary/aromatic N) is 4. The molecule has 1 saturated carbocycles. The van der Waals surface area contributed by atoms with Crippen molar-refractivity contribution in [2.45, 2.75) is 31.6 Å². The molecular formula is C18H17ClN4O2. The highest BCUT2D eigenvalue weighted by atomic mass is 35.5. The largest absolute Gasteiger partial charge is 0.425 e. The Kier molecular flexibility index (Phi) is 3.77. The monoisotopic (exact) mass is 356 g/mol. The molecule has 2 heterocycles. The zero-order valence-electron chi connectivity index (χ0n) is 13.8. The summed E-state index contributed by atoms with van der Waals surface area (Å²) in [4.78, 5) is 14.8. The molecule has 128 valence electrons. The van der Waals surface area contributed by atoms with Gasteiger partial charge in [-0.25, -0.2) is 0 Å². The minimum absolute atomic E-state index is 0.0850. The van der Waals surface area contributed by atoms with E-state index in [1.54, 1.807) is 25.1 Å². The van der Waals surface area contributed by atoms with Crippen molar-refractivity contribution in [1.29, 1.82) is 5.26 Å². The zero-order chi connectivity index (χ0) is 17.6. The minimum Gasteiger partial charge on any atom is -0.425 e. The number of fused-ring (bicyclic) bond motifs is 1. The fourth-order valence-corrected chi connectivity index (χ4v) is 4.38.